The van der Waals surface area contributed by atoms with Crippen LogP contribution in [0.2, 0.25) is 0 Å². The van der Waals surface area contributed by atoms with Gasteiger partial charge >= 0.3 is 11.9 Å². The van der Waals surface area contributed by atoms with Crippen molar-refractivity contribution >= 4 is 11.9 Å². The zero-order valence-electron chi connectivity index (χ0n) is 21.1. The molecular formula is C28H47NO3. The minimum absolute atomic E-state index is 0.245. The molecule has 0 radical (unpaired) electrons. The lowest BCUT2D eigenvalue weighted by Gasteiger charge is -2.62. The maximum absolute atomic E-state index is 11.8. The second-order valence-electron chi connectivity index (χ2n) is 12.1. The van der Waals surface area contributed by atoms with Crippen LogP contribution in [0.3, 0.4) is 0 Å². The van der Waals surface area contributed by atoms with Gasteiger partial charge in [-0.2, -0.15) is 0 Å². The van der Waals surface area contributed by atoms with Gasteiger partial charge in [0.15, 0.2) is 0 Å². The van der Waals surface area contributed by atoms with Crippen molar-refractivity contribution in [3.8, 4) is 0 Å². The van der Waals surface area contributed by atoms with Gasteiger partial charge < -0.3 is 10.1 Å². The van der Waals surface area contributed by atoms with Gasteiger partial charge in [0.05, 0.1) is 6.61 Å². The predicted molar refractivity (Wildman–Crippen MR) is 128 cm³/mol. The van der Waals surface area contributed by atoms with Gasteiger partial charge in [0.2, 0.25) is 0 Å². The number of carbonyl (C=O) groups excluding carboxylic acids is 2. The highest BCUT2D eigenvalue weighted by Gasteiger charge is 2.60. The van der Waals surface area contributed by atoms with Crippen molar-refractivity contribution in [2.75, 3.05) is 13.2 Å². The van der Waals surface area contributed by atoms with Crippen molar-refractivity contribution < 1.29 is 14.3 Å². The molecule has 0 aromatic heterocycles. The van der Waals surface area contributed by atoms with Crippen LogP contribution in [0.25, 0.3) is 0 Å². The molecule has 4 saturated carbocycles. The van der Waals surface area contributed by atoms with Crippen molar-refractivity contribution in [3.05, 3.63) is 0 Å². The van der Waals surface area contributed by atoms with Crippen LogP contribution in [-0.4, -0.2) is 25.0 Å². The predicted octanol–water partition coefficient (Wildman–Crippen LogP) is 6.13. The summed E-state index contributed by atoms with van der Waals surface area (Å²) in [6.07, 6.45) is 16.5. The van der Waals surface area contributed by atoms with Crippen LogP contribution in [0.5, 0.6) is 0 Å². The van der Waals surface area contributed by atoms with Crippen molar-refractivity contribution in [3.63, 3.8) is 0 Å². The standard InChI is InChI=1S/C28H47NO3/c1-5-19-18-21-23-13-12-20(10-9-17-29-25(30)26(31)32-6-2)27(23,3)16-14-24(21)28(4)15-8-7-11-22(19)28/h19-24H,5-18H2,1-4H3,(H,29,30)/t19-,20?,21?,22?,23?,24-,27?,28?/m0/s1. The van der Waals surface area contributed by atoms with E-state index in [9.17, 15) is 9.59 Å². The summed E-state index contributed by atoms with van der Waals surface area (Å²) in [6, 6.07) is 0. The topological polar surface area (TPSA) is 55.4 Å². The zero-order valence-corrected chi connectivity index (χ0v) is 21.1. The van der Waals surface area contributed by atoms with E-state index in [2.05, 4.69) is 26.1 Å². The molecule has 1 amide bonds. The molecule has 4 nitrogen and oxygen atoms in total. The summed E-state index contributed by atoms with van der Waals surface area (Å²) < 4.78 is 4.78. The van der Waals surface area contributed by atoms with Crippen LogP contribution in [0.15, 0.2) is 0 Å². The molecule has 4 aliphatic carbocycles. The highest BCUT2D eigenvalue weighted by Crippen LogP contribution is 2.69. The molecule has 0 bridgehead atoms. The molecule has 4 aliphatic rings. The summed E-state index contributed by atoms with van der Waals surface area (Å²) in [7, 11) is 0. The number of hydrogen-bond acceptors (Lipinski definition) is 3. The molecule has 0 saturated heterocycles. The fourth-order valence-electron chi connectivity index (χ4n) is 9.42. The van der Waals surface area contributed by atoms with Crippen LogP contribution in [0.4, 0.5) is 0 Å². The quantitative estimate of drug-likeness (QED) is 0.304. The van der Waals surface area contributed by atoms with E-state index in [0.717, 1.165) is 41.9 Å². The highest BCUT2D eigenvalue weighted by atomic mass is 16.5. The van der Waals surface area contributed by atoms with Crippen LogP contribution >= 0.6 is 0 Å². The fourth-order valence-corrected chi connectivity index (χ4v) is 9.42. The summed E-state index contributed by atoms with van der Waals surface area (Å²) in [6.45, 7) is 10.3. The van der Waals surface area contributed by atoms with Gasteiger partial charge in [-0.25, -0.2) is 4.79 Å². The lowest BCUT2D eigenvalue weighted by Crippen LogP contribution is -2.55. The molecule has 4 fully saturated rings. The Hall–Kier alpha value is -1.06. The van der Waals surface area contributed by atoms with Crippen molar-refractivity contribution in [1.82, 2.24) is 5.32 Å². The molecule has 0 aliphatic heterocycles. The monoisotopic (exact) mass is 445 g/mol. The number of rotatable bonds is 6. The second kappa shape index (κ2) is 9.66. The number of carbonyl (C=O) groups is 2. The normalized spacial score (nSPS) is 43.0. The van der Waals surface area contributed by atoms with E-state index < -0.39 is 11.9 Å². The van der Waals surface area contributed by atoms with Crippen LogP contribution in [0, 0.1) is 46.3 Å². The van der Waals surface area contributed by atoms with Gasteiger partial charge in [0, 0.05) is 6.54 Å². The van der Waals surface area contributed by atoms with Crippen LogP contribution in [0.1, 0.15) is 105 Å². The molecule has 0 aromatic carbocycles. The largest absolute Gasteiger partial charge is 0.459 e. The first-order chi connectivity index (χ1) is 15.3. The maximum Gasteiger partial charge on any atom is 0.396 e. The minimum atomic E-state index is -0.754. The Morgan fingerprint density at radius 3 is 2.47 bits per heavy atom. The van der Waals surface area contributed by atoms with Gasteiger partial charge in [-0.15, -0.1) is 0 Å². The molecule has 6 unspecified atom stereocenters. The Morgan fingerprint density at radius 2 is 1.72 bits per heavy atom. The minimum Gasteiger partial charge on any atom is -0.459 e. The van der Waals surface area contributed by atoms with Crippen molar-refractivity contribution in [1.29, 1.82) is 0 Å². The van der Waals surface area contributed by atoms with Crippen molar-refractivity contribution in [2.45, 2.75) is 105 Å². The molecule has 8 atom stereocenters. The Labute approximate surface area is 196 Å². The third kappa shape index (κ3) is 4.13. The molecule has 1 N–H and O–H groups in total. The number of nitrogens with one attached hydrogen (secondary N) is 1. The van der Waals surface area contributed by atoms with Gasteiger partial charge in [-0.05, 0) is 111 Å². The lowest BCUT2D eigenvalue weighted by atomic mass is 9.42. The third-order valence-corrected chi connectivity index (χ3v) is 11.0. The molecular weight excluding hydrogens is 398 g/mol. The first kappa shape index (κ1) is 24.1. The second-order valence-corrected chi connectivity index (χ2v) is 12.1. The third-order valence-electron chi connectivity index (χ3n) is 11.0. The van der Waals surface area contributed by atoms with E-state index in [1.54, 1.807) is 6.92 Å². The molecule has 4 heteroatoms. The van der Waals surface area contributed by atoms with E-state index in [4.69, 9.17) is 4.74 Å². The Balaban J connectivity index is 1.38. The van der Waals surface area contributed by atoms with E-state index in [1.807, 2.05) is 0 Å². The summed E-state index contributed by atoms with van der Waals surface area (Å²) >= 11 is 0. The first-order valence-electron chi connectivity index (χ1n) is 13.8. The average molecular weight is 446 g/mol. The lowest BCUT2D eigenvalue weighted by molar-refractivity contribution is -0.154. The summed E-state index contributed by atoms with van der Waals surface area (Å²) in [5, 5.41) is 2.76. The number of hydrogen-bond donors (Lipinski definition) is 1. The molecule has 0 aromatic rings. The fraction of sp³-hybridized carbons (Fsp3) is 0.929. The molecule has 32 heavy (non-hydrogen) atoms. The van der Waals surface area contributed by atoms with Crippen LogP contribution in [-0.2, 0) is 14.3 Å². The number of esters is 1. The summed E-state index contributed by atoms with van der Waals surface area (Å²) in [4.78, 5) is 23.3. The number of amides is 1. The van der Waals surface area contributed by atoms with Crippen LogP contribution < -0.4 is 5.32 Å². The van der Waals surface area contributed by atoms with Gasteiger partial charge in [0.1, 0.15) is 0 Å². The maximum atomic E-state index is 11.8. The van der Waals surface area contributed by atoms with Crippen molar-refractivity contribution in [2.24, 2.45) is 46.3 Å². The zero-order chi connectivity index (χ0) is 22.9. The SMILES string of the molecule is CCOC(=O)C(=O)NCCCC1CCC2C3C[C@H](CC)C4CCCCC4(C)[C@H]3CCC12C. The highest BCUT2D eigenvalue weighted by molar-refractivity contribution is 6.32. The average Bonchev–Trinajstić information content (AvgIpc) is 3.12. The smallest absolute Gasteiger partial charge is 0.396 e. The van der Waals surface area contributed by atoms with E-state index in [0.29, 0.717) is 17.4 Å². The molecule has 0 spiro atoms. The van der Waals surface area contributed by atoms with E-state index in [-0.39, 0.29) is 6.61 Å². The Kier molecular flexibility index (Phi) is 7.27. The number of fused-ring (bicyclic) bond motifs is 5. The molecule has 0 heterocycles. The summed E-state index contributed by atoms with van der Waals surface area (Å²) in [5.41, 5.74) is 1.07. The Morgan fingerprint density at radius 1 is 0.938 bits per heavy atom. The van der Waals surface area contributed by atoms with Gasteiger partial charge in [-0.3, -0.25) is 4.79 Å². The molecule has 4 rings (SSSR count). The van der Waals surface area contributed by atoms with E-state index >= 15 is 0 Å². The first-order valence-corrected chi connectivity index (χ1v) is 13.8. The van der Waals surface area contributed by atoms with Gasteiger partial charge in [0.25, 0.3) is 0 Å². The van der Waals surface area contributed by atoms with E-state index in [1.165, 1.54) is 70.6 Å². The summed E-state index contributed by atoms with van der Waals surface area (Å²) in [5.74, 6) is 4.14. The molecule has 182 valence electrons. The van der Waals surface area contributed by atoms with Gasteiger partial charge in [-0.1, -0.05) is 40.0 Å². The number of ether oxygens (including phenoxy) is 1. The Bertz CT molecular complexity index is 692.